The van der Waals surface area contributed by atoms with Crippen molar-refractivity contribution >= 4 is 11.0 Å². The molecule has 28 heavy (non-hydrogen) atoms. The Morgan fingerprint density at radius 3 is 1.75 bits per heavy atom. The van der Waals surface area contributed by atoms with E-state index in [4.69, 9.17) is 9.97 Å². The van der Waals surface area contributed by atoms with Crippen molar-refractivity contribution in [2.45, 2.75) is 0 Å². The molecule has 0 saturated carbocycles. The third-order valence-electron chi connectivity index (χ3n) is 4.81. The third-order valence-corrected chi connectivity index (χ3v) is 4.81. The molecule has 0 amide bonds. The number of para-hydroxylation sites is 2. The lowest BCUT2D eigenvalue weighted by Gasteiger charge is -2.12. The van der Waals surface area contributed by atoms with Gasteiger partial charge in [-0.15, -0.1) is 0 Å². The summed E-state index contributed by atoms with van der Waals surface area (Å²) in [4.78, 5) is 9.94. The van der Waals surface area contributed by atoms with Crippen LogP contribution in [-0.2, 0) is 0 Å². The van der Waals surface area contributed by atoms with Crippen LogP contribution < -0.4 is 0 Å². The molecule has 0 unspecified atom stereocenters. The fourth-order valence-electron chi connectivity index (χ4n) is 3.42. The van der Waals surface area contributed by atoms with E-state index in [0.29, 0.717) is 0 Å². The van der Waals surface area contributed by atoms with Gasteiger partial charge in [0.15, 0.2) is 0 Å². The Morgan fingerprint density at radius 1 is 0.464 bits per heavy atom. The maximum absolute atomic E-state index is 4.99. The lowest BCUT2D eigenvalue weighted by Crippen LogP contribution is -1.95. The number of fused-ring (bicyclic) bond motifs is 1. The fourth-order valence-corrected chi connectivity index (χ4v) is 3.42. The van der Waals surface area contributed by atoms with Crippen molar-refractivity contribution in [1.82, 2.24) is 9.97 Å². The molecule has 0 fully saturated rings. The Labute approximate surface area is 164 Å². The van der Waals surface area contributed by atoms with Crippen molar-refractivity contribution < 1.29 is 0 Å². The minimum atomic E-state index is 0.897. The summed E-state index contributed by atoms with van der Waals surface area (Å²) in [6.07, 6.45) is 0. The van der Waals surface area contributed by atoms with Gasteiger partial charge >= 0.3 is 0 Å². The van der Waals surface area contributed by atoms with E-state index < -0.39 is 0 Å². The van der Waals surface area contributed by atoms with Crippen LogP contribution in [0.15, 0.2) is 103 Å². The molecule has 131 valence electrons. The summed E-state index contributed by atoms with van der Waals surface area (Å²) >= 11 is 0. The highest BCUT2D eigenvalue weighted by Gasteiger charge is 2.13. The van der Waals surface area contributed by atoms with E-state index in [1.165, 1.54) is 0 Å². The lowest BCUT2D eigenvalue weighted by atomic mass is 9.99. The van der Waals surface area contributed by atoms with Crippen LogP contribution in [0.1, 0.15) is 0 Å². The highest BCUT2D eigenvalue weighted by Crippen LogP contribution is 2.33. The summed E-state index contributed by atoms with van der Waals surface area (Å²) in [5.74, 6) is 0. The van der Waals surface area contributed by atoms with Crippen LogP contribution in [0.5, 0.6) is 0 Å². The van der Waals surface area contributed by atoms with E-state index in [0.717, 1.165) is 44.7 Å². The monoisotopic (exact) mass is 357 g/mol. The van der Waals surface area contributed by atoms with Crippen molar-refractivity contribution in [2.75, 3.05) is 0 Å². The van der Waals surface area contributed by atoms with E-state index >= 15 is 0 Å². The van der Waals surface area contributed by atoms with E-state index in [1.54, 1.807) is 0 Å². The first-order valence-corrected chi connectivity index (χ1v) is 9.28. The van der Waals surface area contributed by atoms with Gasteiger partial charge in [-0.2, -0.15) is 0 Å². The zero-order valence-electron chi connectivity index (χ0n) is 15.2. The topological polar surface area (TPSA) is 25.8 Å². The van der Waals surface area contributed by atoms with Gasteiger partial charge < -0.3 is 0 Å². The molecule has 5 aromatic rings. The zero-order valence-corrected chi connectivity index (χ0v) is 15.2. The molecule has 2 heteroatoms. The zero-order chi connectivity index (χ0) is 18.8. The average molecular weight is 357 g/mol. The van der Waals surface area contributed by atoms with Gasteiger partial charge in [0.1, 0.15) is 0 Å². The fraction of sp³-hybridized carbons (Fsp3) is 0. The molecule has 5 rings (SSSR count). The first kappa shape index (κ1) is 16.4. The van der Waals surface area contributed by atoms with E-state index in [1.807, 2.05) is 54.6 Å². The quantitative estimate of drug-likeness (QED) is 0.372. The molecule has 1 radical (unpaired) electrons. The molecule has 0 aliphatic carbocycles. The predicted octanol–water partition coefficient (Wildman–Crippen LogP) is 6.43. The van der Waals surface area contributed by atoms with Crippen molar-refractivity contribution in [3.05, 3.63) is 109 Å². The van der Waals surface area contributed by atoms with Crippen LogP contribution in [0, 0.1) is 6.07 Å². The number of rotatable bonds is 3. The average Bonchev–Trinajstić information content (AvgIpc) is 2.79. The molecule has 0 saturated heterocycles. The lowest BCUT2D eigenvalue weighted by molar-refractivity contribution is 1.29. The molecule has 0 bridgehead atoms. The van der Waals surface area contributed by atoms with Crippen molar-refractivity contribution in [2.24, 2.45) is 0 Å². The second-order valence-electron chi connectivity index (χ2n) is 6.65. The Bertz CT molecular complexity index is 1250. The molecular formula is C26H17N2. The highest BCUT2D eigenvalue weighted by atomic mass is 14.8. The molecular weight excluding hydrogens is 340 g/mol. The summed E-state index contributed by atoms with van der Waals surface area (Å²) < 4.78 is 0. The summed E-state index contributed by atoms with van der Waals surface area (Å²) in [7, 11) is 0. The molecule has 0 atom stereocenters. The highest BCUT2D eigenvalue weighted by molar-refractivity contribution is 5.87. The maximum atomic E-state index is 4.99. The normalized spacial score (nSPS) is 10.9. The molecule has 0 spiro atoms. The molecule has 1 aromatic heterocycles. The number of nitrogens with zero attached hydrogens (tertiary/aromatic N) is 2. The summed E-state index contributed by atoms with van der Waals surface area (Å²) in [6.45, 7) is 0. The number of benzene rings is 4. The van der Waals surface area contributed by atoms with Crippen molar-refractivity contribution in [1.29, 1.82) is 0 Å². The van der Waals surface area contributed by atoms with E-state index in [-0.39, 0.29) is 0 Å². The minimum absolute atomic E-state index is 0.897. The van der Waals surface area contributed by atoms with Gasteiger partial charge in [0.05, 0.1) is 22.4 Å². The molecule has 0 N–H and O–H groups in total. The molecule has 2 nitrogen and oxygen atoms in total. The van der Waals surface area contributed by atoms with E-state index in [2.05, 4.69) is 54.6 Å². The summed E-state index contributed by atoms with van der Waals surface area (Å²) in [5, 5.41) is 0. The Kier molecular flexibility index (Phi) is 4.15. The van der Waals surface area contributed by atoms with Crippen LogP contribution in [0.25, 0.3) is 44.7 Å². The van der Waals surface area contributed by atoms with Crippen LogP contribution in [-0.4, -0.2) is 9.97 Å². The van der Waals surface area contributed by atoms with Gasteiger partial charge in [0.2, 0.25) is 0 Å². The maximum Gasteiger partial charge on any atom is 0.0973 e. The van der Waals surface area contributed by atoms with Gasteiger partial charge in [-0.05, 0) is 35.4 Å². The summed E-state index contributed by atoms with van der Waals surface area (Å²) in [5.41, 5.74) is 8.04. The number of hydrogen-bond donors (Lipinski definition) is 0. The predicted molar refractivity (Wildman–Crippen MR) is 115 cm³/mol. The van der Waals surface area contributed by atoms with Crippen molar-refractivity contribution in [3.8, 4) is 33.6 Å². The number of aromatic nitrogens is 2. The molecule has 1 heterocycles. The number of hydrogen-bond acceptors (Lipinski definition) is 2. The van der Waals surface area contributed by atoms with Crippen LogP contribution in [0.2, 0.25) is 0 Å². The van der Waals surface area contributed by atoms with Crippen LogP contribution >= 0.6 is 0 Å². The Morgan fingerprint density at radius 2 is 1.04 bits per heavy atom. The second-order valence-corrected chi connectivity index (χ2v) is 6.65. The smallest absolute Gasteiger partial charge is 0.0973 e. The SMILES string of the molecule is [c]1ccc(-c2cccc(-c3nc4ccccc4nc3-c3ccccc3)c2)cc1. The third kappa shape index (κ3) is 3.06. The second kappa shape index (κ2) is 7.09. The molecule has 4 aromatic carbocycles. The molecule has 0 aliphatic heterocycles. The first-order chi connectivity index (χ1) is 13.9. The van der Waals surface area contributed by atoms with E-state index in [9.17, 15) is 0 Å². The van der Waals surface area contributed by atoms with Crippen molar-refractivity contribution in [3.63, 3.8) is 0 Å². The van der Waals surface area contributed by atoms with Crippen LogP contribution in [0.3, 0.4) is 0 Å². The van der Waals surface area contributed by atoms with Gasteiger partial charge in [-0.1, -0.05) is 84.9 Å². The van der Waals surface area contributed by atoms with Gasteiger partial charge in [-0.3, -0.25) is 0 Å². The Hall–Kier alpha value is -3.78. The first-order valence-electron chi connectivity index (χ1n) is 9.28. The van der Waals surface area contributed by atoms with Gasteiger partial charge in [0.25, 0.3) is 0 Å². The molecule has 0 aliphatic rings. The largest absolute Gasteiger partial charge is 0.244 e. The van der Waals surface area contributed by atoms with Crippen LogP contribution in [0.4, 0.5) is 0 Å². The van der Waals surface area contributed by atoms with Gasteiger partial charge in [-0.25, -0.2) is 9.97 Å². The summed E-state index contributed by atoms with van der Waals surface area (Å²) in [6, 6.07) is 37.8. The van der Waals surface area contributed by atoms with Gasteiger partial charge in [0, 0.05) is 11.1 Å². The standard InChI is InChI=1S/C26H17N2/c1-3-10-19(11-4-1)21-14-9-15-22(18-21)26-25(20-12-5-2-6-13-20)27-23-16-7-8-17-24(23)28-26/h2-18H. The Balaban J connectivity index is 1.74. The minimum Gasteiger partial charge on any atom is -0.244 e.